The van der Waals surface area contributed by atoms with E-state index in [9.17, 15) is 0 Å². The highest BCUT2D eigenvalue weighted by Gasteiger charge is 2.38. The Labute approximate surface area is 76.1 Å². The Morgan fingerprint density at radius 3 is 1.83 bits per heavy atom. The van der Waals surface area contributed by atoms with Crippen molar-refractivity contribution in [2.24, 2.45) is 11.1 Å². The van der Waals surface area contributed by atoms with Gasteiger partial charge in [-0.15, -0.1) is 0 Å². The maximum absolute atomic E-state index is 4.50. The van der Waals surface area contributed by atoms with Gasteiger partial charge in [0.25, 0.3) is 0 Å². The maximum Gasteiger partial charge on any atom is -0.00165 e. The third kappa shape index (κ3) is 1.99. The van der Waals surface area contributed by atoms with E-state index in [1.165, 1.54) is 52.2 Å². The van der Waals surface area contributed by atoms with Crippen molar-refractivity contribution < 1.29 is 0 Å². The molecular weight excluding hydrogens is 148 g/mol. The molecule has 1 spiro atoms. The van der Waals surface area contributed by atoms with Gasteiger partial charge in [0.2, 0.25) is 0 Å². The Kier molecular flexibility index (Phi) is 3.53. The van der Waals surface area contributed by atoms with E-state index in [0.717, 1.165) is 5.41 Å². The predicted octanol–water partition coefficient (Wildman–Crippen LogP) is 1.46. The van der Waals surface area contributed by atoms with Crippen LogP contribution in [0, 0.1) is 5.41 Å². The van der Waals surface area contributed by atoms with Crippen molar-refractivity contribution in [3.63, 3.8) is 0 Å². The van der Waals surface area contributed by atoms with Crippen molar-refractivity contribution in [1.29, 1.82) is 0 Å². The zero-order chi connectivity index (χ0) is 9.03. The molecule has 2 aliphatic rings. The predicted molar refractivity (Wildman–Crippen MR) is 53.1 cm³/mol. The summed E-state index contributed by atoms with van der Waals surface area (Å²) in [5.74, 6) is 0. The number of likely N-dealkylation sites (tertiary alicyclic amines) is 1. The van der Waals surface area contributed by atoms with Gasteiger partial charge in [0.1, 0.15) is 0 Å². The highest BCUT2D eigenvalue weighted by molar-refractivity contribution is 4.91. The fourth-order valence-corrected chi connectivity index (χ4v) is 2.27. The zero-order valence-corrected chi connectivity index (χ0v) is 8.47. The maximum atomic E-state index is 4.50. The van der Waals surface area contributed by atoms with E-state index in [1.807, 2.05) is 0 Å². The third-order valence-electron chi connectivity index (χ3n) is 3.46. The largest absolute Gasteiger partial charge is 0.333 e. The summed E-state index contributed by atoms with van der Waals surface area (Å²) < 4.78 is 0. The van der Waals surface area contributed by atoms with Gasteiger partial charge in [0, 0.05) is 0 Å². The fraction of sp³-hybridized carbons (Fsp3) is 1.00. The van der Waals surface area contributed by atoms with E-state index >= 15 is 0 Å². The highest BCUT2D eigenvalue weighted by Crippen LogP contribution is 2.48. The number of nitrogens with two attached hydrogens (primary N) is 1. The van der Waals surface area contributed by atoms with Gasteiger partial charge in [-0.1, -0.05) is 6.42 Å². The van der Waals surface area contributed by atoms with Crippen LogP contribution < -0.4 is 5.73 Å². The first-order valence-electron chi connectivity index (χ1n) is 5.07. The Morgan fingerprint density at radius 1 is 1.00 bits per heavy atom. The van der Waals surface area contributed by atoms with Crippen molar-refractivity contribution in [2.45, 2.75) is 32.1 Å². The molecule has 1 heterocycles. The van der Waals surface area contributed by atoms with E-state index in [4.69, 9.17) is 0 Å². The van der Waals surface area contributed by atoms with Gasteiger partial charge in [-0.25, -0.2) is 0 Å². The minimum absolute atomic E-state index is 0.840. The molecule has 1 saturated carbocycles. The molecule has 0 amide bonds. The molecular formula is C10H22N2. The lowest BCUT2D eigenvalue weighted by molar-refractivity contribution is 0.0434. The van der Waals surface area contributed by atoms with Crippen molar-refractivity contribution in [3.8, 4) is 0 Å². The van der Waals surface area contributed by atoms with Gasteiger partial charge >= 0.3 is 0 Å². The standard InChI is InChI=1S/C9H17N.CH5N/c1-10-7-5-9(6-8-10)3-2-4-9;1-2/h2-8H2,1H3;2H2,1H3. The first-order chi connectivity index (χ1) is 5.81. The Hall–Kier alpha value is -0.0800. The molecule has 0 atom stereocenters. The lowest BCUT2D eigenvalue weighted by Gasteiger charge is -2.47. The van der Waals surface area contributed by atoms with Crippen molar-refractivity contribution in [1.82, 2.24) is 4.90 Å². The molecule has 0 bridgehead atoms. The first-order valence-corrected chi connectivity index (χ1v) is 5.07. The van der Waals surface area contributed by atoms with Crippen molar-refractivity contribution in [3.05, 3.63) is 0 Å². The number of nitrogens with zero attached hydrogens (tertiary/aromatic N) is 1. The van der Waals surface area contributed by atoms with Crippen LogP contribution in [-0.2, 0) is 0 Å². The molecule has 0 radical (unpaired) electrons. The van der Waals surface area contributed by atoms with Gasteiger partial charge in [-0.2, -0.15) is 0 Å². The monoisotopic (exact) mass is 170 g/mol. The van der Waals surface area contributed by atoms with Gasteiger partial charge in [0.05, 0.1) is 0 Å². The zero-order valence-electron chi connectivity index (χ0n) is 8.47. The second kappa shape index (κ2) is 4.24. The van der Waals surface area contributed by atoms with Gasteiger partial charge in [-0.05, 0) is 58.3 Å². The highest BCUT2D eigenvalue weighted by atomic mass is 15.1. The second-order valence-electron chi connectivity index (χ2n) is 4.16. The summed E-state index contributed by atoms with van der Waals surface area (Å²) in [6, 6.07) is 0. The lowest BCUT2D eigenvalue weighted by Crippen LogP contribution is -2.41. The molecule has 1 saturated heterocycles. The summed E-state index contributed by atoms with van der Waals surface area (Å²) in [6.45, 7) is 2.69. The van der Waals surface area contributed by atoms with E-state index in [0.29, 0.717) is 0 Å². The molecule has 2 nitrogen and oxygen atoms in total. The van der Waals surface area contributed by atoms with E-state index in [1.54, 1.807) is 0 Å². The Balaban J connectivity index is 0.000000336. The Morgan fingerprint density at radius 2 is 1.50 bits per heavy atom. The van der Waals surface area contributed by atoms with E-state index in [-0.39, 0.29) is 0 Å². The number of hydrogen-bond donors (Lipinski definition) is 1. The van der Waals surface area contributed by atoms with E-state index in [2.05, 4.69) is 17.7 Å². The molecule has 1 aliphatic carbocycles. The van der Waals surface area contributed by atoms with Crippen LogP contribution in [0.25, 0.3) is 0 Å². The normalized spacial score (nSPS) is 27.2. The molecule has 1 aliphatic heterocycles. The number of rotatable bonds is 0. The van der Waals surface area contributed by atoms with Crippen LogP contribution in [0.2, 0.25) is 0 Å². The average molecular weight is 170 g/mol. The second-order valence-corrected chi connectivity index (χ2v) is 4.16. The molecule has 0 aromatic rings. The smallest absolute Gasteiger partial charge is 0.00165 e. The summed E-state index contributed by atoms with van der Waals surface area (Å²) in [5, 5.41) is 0. The van der Waals surface area contributed by atoms with Crippen LogP contribution in [0.3, 0.4) is 0 Å². The first kappa shape index (κ1) is 10.0. The Bertz CT molecular complexity index is 120. The minimum Gasteiger partial charge on any atom is -0.333 e. The van der Waals surface area contributed by atoms with Gasteiger partial charge < -0.3 is 10.6 Å². The third-order valence-corrected chi connectivity index (χ3v) is 3.46. The van der Waals surface area contributed by atoms with E-state index < -0.39 is 0 Å². The summed E-state index contributed by atoms with van der Waals surface area (Å²) in [4.78, 5) is 2.46. The molecule has 2 heteroatoms. The topological polar surface area (TPSA) is 29.3 Å². The van der Waals surface area contributed by atoms with Gasteiger partial charge in [-0.3, -0.25) is 0 Å². The molecule has 12 heavy (non-hydrogen) atoms. The van der Waals surface area contributed by atoms with Crippen LogP contribution in [0.1, 0.15) is 32.1 Å². The molecule has 72 valence electrons. The van der Waals surface area contributed by atoms with Crippen molar-refractivity contribution >= 4 is 0 Å². The van der Waals surface area contributed by atoms with Crippen LogP contribution in [0.4, 0.5) is 0 Å². The molecule has 0 unspecified atom stereocenters. The number of piperidine rings is 1. The molecule has 2 fully saturated rings. The molecule has 0 aromatic heterocycles. The lowest BCUT2D eigenvalue weighted by atomic mass is 9.63. The quantitative estimate of drug-likeness (QED) is 0.596. The molecule has 0 aromatic carbocycles. The fourth-order valence-electron chi connectivity index (χ4n) is 2.27. The van der Waals surface area contributed by atoms with Gasteiger partial charge in [0.15, 0.2) is 0 Å². The summed E-state index contributed by atoms with van der Waals surface area (Å²) in [7, 11) is 3.74. The summed E-state index contributed by atoms with van der Waals surface area (Å²) in [6.07, 6.45) is 7.51. The molecule has 2 rings (SSSR count). The minimum atomic E-state index is 0.840. The van der Waals surface area contributed by atoms with Crippen LogP contribution in [-0.4, -0.2) is 32.1 Å². The number of hydrogen-bond acceptors (Lipinski definition) is 2. The van der Waals surface area contributed by atoms with Crippen LogP contribution in [0.5, 0.6) is 0 Å². The van der Waals surface area contributed by atoms with Crippen LogP contribution >= 0.6 is 0 Å². The van der Waals surface area contributed by atoms with Crippen LogP contribution in [0.15, 0.2) is 0 Å². The average Bonchev–Trinajstić information content (AvgIpc) is 2.07. The molecule has 2 N–H and O–H groups in total. The summed E-state index contributed by atoms with van der Waals surface area (Å²) >= 11 is 0. The van der Waals surface area contributed by atoms with Crippen molar-refractivity contribution in [2.75, 3.05) is 27.2 Å². The summed E-state index contributed by atoms with van der Waals surface area (Å²) in [5.41, 5.74) is 5.34. The SMILES string of the molecule is CN.CN1CCC2(CCC2)CC1.